The summed E-state index contributed by atoms with van der Waals surface area (Å²) >= 11 is 0. The fourth-order valence-corrected chi connectivity index (χ4v) is 2.78. The average molecular weight is 314 g/mol. The van der Waals surface area contributed by atoms with Gasteiger partial charge in [0.2, 0.25) is 5.91 Å². The van der Waals surface area contributed by atoms with E-state index in [1.807, 2.05) is 0 Å². The fourth-order valence-electron chi connectivity index (χ4n) is 1.69. The smallest absolute Gasteiger partial charge is 0.323 e. The minimum atomic E-state index is -4.11. The van der Waals surface area contributed by atoms with E-state index in [1.54, 1.807) is 0 Å². The molecule has 10 heteroatoms. The molecule has 0 aromatic rings. The lowest BCUT2D eigenvalue weighted by Crippen LogP contribution is -2.54. The minimum Gasteiger partial charge on any atom is -0.468 e. The molecule has 0 saturated carbocycles. The lowest BCUT2D eigenvalue weighted by atomic mass is 9.89. The van der Waals surface area contributed by atoms with E-state index in [9.17, 15) is 22.8 Å². The molecular formula is C9H12ClNO7S. The molecule has 1 saturated heterocycles. The number of halogens is 1. The van der Waals surface area contributed by atoms with Crippen molar-refractivity contribution in [1.29, 1.82) is 0 Å². The van der Waals surface area contributed by atoms with Gasteiger partial charge in [-0.25, -0.2) is 4.31 Å². The molecule has 108 valence electrons. The van der Waals surface area contributed by atoms with Crippen molar-refractivity contribution in [3.05, 3.63) is 0 Å². The second-order valence-corrected chi connectivity index (χ2v) is 6.28. The van der Waals surface area contributed by atoms with E-state index in [0.717, 1.165) is 14.2 Å². The molecule has 0 aromatic heterocycles. The van der Waals surface area contributed by atoms with Crippen LogP contribution in [0.25, 0.3) is 0 Å². The fraction of sp³-hybridized carbons (Fsp3) is 0.667. The van der Waals surface area contributed by atoms with Crippen LogP contribution >= 0.6 is 10.7 Å². The van der Waals surface area contributed by atoms with Crippen LogP contribution in [0.15, 0.2) is 0 Å². The molecule has 1 heterocycles. The molecule has 1 aliphatic heterocycles. The molecule has 19 heavy (non-hydrogen) atoms. The monoisotopic (exact) mass is 313 g/mol. The molecule has 1 rings (SSSR count). The Hall–Kier alpha value is -1.35. The van der Waals surface area contributed by atoms with E-state index < -0.39 is 38.9 Å². The highest BCUT2D eigenvalue weighted by Crippen LogP contribution is 2.29. The van der Waals surface area contributed by atoms with Gasteiger partial charge in [0, 0.05) is 17.2 Å². The highest BCUT2D eigenvalue weighted by Gasteiger charge is 2.46. The van der Waals surface area contributed by atoms with Crippen LogP contribution in [0.2, 0.25) is 0 Å². The van der Waals surface area contributed by atoms with E-state index in [4.69, 9.17) is 10.7 Å². The second-order valence-electron chi connectivity index (χ2n) is 3.84. The van der Waals surface area contributed by atoms with E-state index in [1.165, 1.54) is 0 Å². The number of esters is 2. The first-order valence-corrected chi connectivity index (χ1v) is 7.40. The number of ether oxygens (including phenoxy) is 2. The van der Waals surface area contributed by atoms with Crippen LogP contribution in [0.4, 0.5) is 0 Å². The largest absolute Gasteiger partial charge is 0.468 e. The molecule has 1 atom stereocenters. The maximum absolute atomic E-state index is 11.5. The standard InChI is InChI=1S/C9H12ClNO7S/c1-17-8(13)6(9(14)18-2)3-5-4-11(7(5)12)19(10,15)16/h5-6H,3-4H2,1-2H3. The first kappa shape index (κ1) is 15.7. The number of hydrogen-bond donors (Lipinski definition) is 0. The zero-order chi connectivity index (χ0) is 14.8. The predicted octanol–water partition coefficient (Wildman–Crippen LogP) is -0.719. The van der Waals surface area contributed by atoms with Crippen molar-refractivity contribution in [2.75, 3.05) is 20.8 Å². The van der Waals surface area contributed by atoms with Gasteiger partial charge in [0.15, 0.2) is 5.92 Å². The number of rotatable bonds is 5. The number of hydrogen-bond acceptors (Lipinski definition) is 7. The molecule has 1 amide bonds. The van der Waals surface area contributed by atoms with Gasteiger partial charge in [0.1, 0.15) is 0 Å². The van der Waals surface area contributed by atoms with E-state index in [-0.39, 0.29) is 13.0 Å². The van der Waals surface area contributed by atoms with Gasteiger partial charge in [-0.2, -0.15) is 8.42 Å². The number of methoxy groups -OCH3 is 2. The number of nitrogens with zero attached hydrogens (tertiary/aromatic N) is 1. The molecule has 0 aliphatic carbocycles. The van der Waals surface area contributed by atoms with E-state index in [2.05, 4.69) is 9.47 Å². The van der Waals surface area contributed by atoms with Crippen molar-refractivity contribution in [2.45, 2.75) is 6.42 Å². The molecule has 8 nitrogen and oxygen atoms in total. The average Bonchev–Trinajstić information content (AvgIpc) is 2.34. The lowest BCUT2D eigenvalue weighted by Gasteiger charge is -2.36. The van der Waals surface area contributed by atoms with Crippen molar-refractivity contribution < 1.29 is 32.3 Å². The first-order valence-electron chi connectivity index (χ1n) is 5.14. The van der Waals surface area contributed by atoms with Gasteiger partial charge in [0.25, 0.3) is 0 Å². The Kier molecular flexibility index (Phi) is 4.75. The van der Waals surface area contributed by atoms with Crippen LogP contribution in [0, 0.1) is 11.8 Å². The van der Waals surface area contributed by atoms with Crippen LogP contribution in [-0.2, 0) is 33.1 Å². The number of β-lactam (4-membered cyclic amide) rings is 1. The van der Waals surface area contributed by atoms with Crippen molar-refractivity contribution in [2.24, 2.45) is 11.8 Å². The molecular weight excluding hydrogens is 302 g/mol. The zero-order valence-electron chi connectivity index (χ0n) is 10.2. The predicted molar refractivity (Wildman–Crippen MR) is 62.1 cm³/mol. The van der Waals surface area contributed by atoms with Gasteiger partial charge < -0.3 is 9.47 Å². The Morgan fingerprint density at radius 2 is 1.84 bits per heavy atom. The van der Waals surface area contributed by atoms with Gasteiger partial charge in [-0.3, -0.25) is 14.4 Å². The van der Waals surface area contributed by atoms with Crippen molar-refractivity contribution in [3.8, 4) is 0 Å². The summed E-state index contributed by atoms with van der Waals surface area (Å²) in [4.78, 5) is 34.3. The minimum absolute atomic E-state index is 0.171. The summed E-state index contributed by atoms with van der Waals surface area (Å²) in [6, 6.07) is 0. The Morgan fingerprint density at radius 3 is 2.16 bits per heavy atom. The second kappa shape index (κ2) is 5.74. The zero-order valence-corrected chi connectivity index (χ0v) is 11.7. The highest BCUT2D eigenvalue weighted by molar-refractivity contribution is 8.12. The van der Waals surface area contributed by atoms with E-state index >= 15 is 0 Å². The quantitative estimate of drug-likeness (QED) is 0.285. The normalized spacial score (nSPS) is 19.1. The molecule has 0 N–H and O–H groups in total. The van der Waals surface area contributed by atoms with Crippen molar-refractivity contribution >= 4 is 37.8 Å². The Balaban J connectivity index is 2.72. The molecule has 0 spiro atoms. The van der Waals surface area contributed by atoms with Gasteiger partial charge in [0.05, 0.1) is 20.1 Å². The third kappa shape index (κ3) is 3.35. The van der Waals surface area contributed by atoms with Gasteiger partial charge in [-0.15, -0.1) is 0 Å². The summed E-state index contributed by atoms with van der Waals surface area (Å²) in [6.45, 7) is -0.171. The Morgan fingerprint density at radius 1 is 1.37 bits per heavy atom. The molecule has 1 fully saturated rings. The SMILES string of the molecule is COC(=O)C(CC1CN(S(=O)(=O)Cl)C1=O)C(=O)OC. The summed E-state index contributed by atoms with van der Waals surface area (Å²) < 4.78 is 31.2. The third-order valence-electron chi connectivity index (χ3n) is 2.74. The molecule has 1 unspecified atom stereocenters. The maximum atomic E-state index is 11.5. The van der Waals surface area contributed by atoms with Gasteiger partial charge in [-0.05, 0) is 6.42 Å². The Labute approximate surface area is 114 Å². The van der Waals surface area contributed by atoms with Crippen LogP contribution in [0.3, 0.4) is 0 Å². The first-order chi connectivity index (χ1) is 8.72. The van der Waals surface area contributed by atoms with Gasteiger partial charge >= 0.3 is 21.2 Å². The van der Waals surface area contributed by atoms with Gasteiger partial charge in [-0.1, -0.05) is 0 Å². The van der Waals surface area contributed by atoms with Crippen LogP contribution in [-0.4, -0.2) is 51.3 Å². The topological polar surface area (TPSA) is 107 Å². The summed E-state index contributed by atoms with van der Waals surface area (Å²) in [6.07, 6.45) is -0.179. The Bertz CT molecular complexity index is 487. The summed E-state index contributed by atoms with van der Waals surface area (Å²) in [5.41, 5.74) is 0. The number of carbonyl (C=O) groups is 3. The molecule has 1 aliphatic rings. The molecule has 0 bridgehead atoms. The van der Waals surface area contributed by atoms with Crippen LogP contribution < -0.4 is 0 Å². The summed E-state index contributed by atoms with van der Waals surface area (Å²) in [7, 11) is 3.08. The molecule has 0 aromatic carbocycles. The number of amides is 1. The van der Waals surface area contributed by atoms with Crippen LogP contribution in [0.1, 0.15) is 6.42 Å². The van der Waals surface area contributed by atoms with Crippen LogP contribution in [0.5, 0.6) is 0 Å². The maximum Gasteiger partial charge on any atom is 0.323 e. The summed E-state index contributed by atoms with van der Waals surface area (Å²) in [5, 5.41) is 0. The number of carbonyl (C=O) groups excluding carboxylic acids is 3. The molecule has 0 radical (unpaired) electrons. The van der Waals surface area contributed by atoms with Crippen molar-refractivity contribution in [3.63, 3.8) is 0 Å². The third-order valence-corrected chi connectivity index (χ3v) is 4.09. The van der Waals surface area contributed by atoms with E-state index in [0.29, 0.717) is 4.31 Å². The summed E-state index contributed by atoms with van der Waals surface area (Å²) in [5.74, 6) is -4.48. The van der Waals surface area contributed by atoms with Crippen molar-refractivity contribution in [1.82, 2.24) is 4.31 Å². The lowest BCUT2D eigenvalue weighted by molar-refractivity contribution is -0.160. The highest BCUT2D eigenvalue weighted by atomic mass is 35.7.